The van der Waals surface area contributed by atoms with Crippen molar-refractivity contribution in [1.82, 2.24) is 4.90 Å². The number of hydrogen-bond donors (Lipinski definition) is 1. The monoisotopic (exact) mass is 270 g/mol. The molecule has 0 bridgehead atoms. The number of methoxy groups -OCH3 is 1. The second-order valence-electron chi connectivity index (χ2n) is 4.87. The van der Waals surface area contributed by atoms with Gasteiger partial charge in [-0.25, -0.2) is 0 Å². The first kappa shape index (κ1) is 14.4. The summed E-state index contributed by atoms with van der Waals surface area (Å²) in [5.41, 5.74) is 9.19. The molecule has 0 aliphatic carbocycles. The summed E-state index contributed by atoms with van der Waals surface area (Å²) >= 11 is 0. The summed E-state index contributed by atoms with van der Waals surface area (Å²) in [7, 11) is 1.64. The molecule has 3 nitrogen and oxygen atoms in total. The lowest BCUT2D eigenvalue weighted by molar-refractivity contribution is 0.271. The zero-order valence-electron chi connectivity index (χ0n) is 12.2. The van der Waals surface area contributed by atoms with Crippen LogP contribution in [0.1, 0.15) is 18.1 Å². The van der Waals surface area contributed by atoms with Crippen LogP contribution in [-0.4, -0.2) is 18.6 Å². The van der Waals surface area contributed by atoms with Gasteiger partial charge in [0.1, 0.15) is 5.75 Å². The maximum atomic E-state index is 5.96. The number of nitrogen functional groups attached to an aromatic ring is 1. The zero-order valence-corrected chi connectivity index (χ0v) is 12.2. The molecule has 0 radical (unpaired) electrons. The van der Waals surface area contributed by atoms with Gasteiger partial charge in [-0.2, -0.15) is 0 Å². The van der Waals surface area contributed by atoms with Crippen molar-refractivity contribution in [3.05, 3.63) is 59.7 Å². The summed E-state index contributed by atoms with van der Waals surface area (Å²) in [6.07, 6.45) is 0. The maximum Gasteiger partial charge on any atom is 0.141 e. The van der Waals surface area contributed by atoms with Crippen LogP contribution in [0.2, 0.25) is 0 Å². The van der Waals surface area contributed by atoms with Gasteiger partial charge in [0, 0.05) is 13.1 Å². The van der Waals surface area contributed by atoms with Gasteiger partial charge < -0.3 is 10.5 Å². The minimum Gasteiger partial charge on any atom is -0.495 e. The predicted octanol–water partition coefficient (Wildman–Crippen LogP) is 3.30. The molecule has 0 saturated carbocycles. The van der Waals surface area contributed by atoms with Crippen molar-refractivity contribution in [2.45, 2.75) is 20.0 Å². The molecule has 106 valence electrons. The molecule has 2 aromatic rings. The number of nitrogens with zero attached hydrogens (tertiary/aromatic N) is 1. The second kappa shape index (κ2) is 6.96. The lowest BCUT2D eigenvalue weighted by Gasteiger charge is -2.21. The minimum absolute atomic E-state index is 0.695. The fourth-order valence-corrected chi connectivity index (χ4v) is 2.26. The summed E-state index contributed by atoms with van der Waals surface area (Å²) in [5.74, 6) is 0.736. The molecule has 0 aromatic heterocycles. The van der Waals surface area contributed by atoms with E-state index >= 15 is 0 Å². The summed E-state index contributed by atoms with van der Waals surface area (Å²) < 4.78 is 5.19. The molecule has 0 amide bonds. The first-order chi connectivity index (χ1) is 9.72. The molecule has 2 aromatic carbocycles. The standard InChI is InChI=1S/C17H22N2O/c1-3-19(12-14-7-5-4-6-8-14)13-15-9-10-17(20-2)16(18)11-15/h4-11H,3,12-13,18H2,1-2H3. The fourth-order valence-electron chi connectivity index (χ4n) is 2.26. The number of anilines is 1. The Morgan fingerprint density at radius 1 is 1.00 bits per heavy atom. The van der Waals surface area contributed by atoms with Gasteiger partial charge >= 0.3 is 0 Å². The van der Waals surface area contributed by atoms with E-state index in [1.165, 1.54) is 11.1 Å². The van der Waals surface area contributed by atoms with E-state index in [1.807, 2.05) is 18.2 Å². The summed E-state index contributed by atoms with van der Waals surface area (Å²) in [5, 5.41) is 0. The van der Waals surface area contributed by atoms with Crippen LogP contribution in [0.5, 0.6) is 5.75 Å². The highest BCUT2D eigenvalue weighted by molar-refractivity contribution is 5.54. The van der Waals surface area contributed by atoms with E-state index in [0.29, 0.717) is 5.69 Å². The lowest BCUT2D eigenvalue weighted by atomic mass is 10.1. The molecule has 20 heavy (non-hydrogen) atoms. The van der Waals surface area contributed by atoms with E-state index < -0.39 is 0 Å². The van der Waals surface area contributed by atoms with Crippen molar-refractivity contribution in [3.63, 3.8) is 0 Å². The maximum absolute atomic E-state index is 5.96. The topological polar surface area (TPSA) is 38.5 Å². The van der Waals surface area contributed by atoms with Crippen LogP contribution in [0.25, 0.3) is 0 Å². The van der Waals surface area contributed by atoms with Gasteiger partial charge in [0.2, 0.25) is 0 Å². The van der Waals surface area contributed by atoms with Gasteiger partial charge in [0.05, 0.1) is 12.8 Å². The molecule has 0 fully saturated rings. The van der Waals surface area contributed by atoms with Crippen LogP contribution in [0, 0.1) is 0 Å². The Hall–Kier alpha value is -2.00. The third-order valence-corrected chi connectivity index (χ3v) is 3.40. The van der Waals surface area contributed by atoms with Gasteiger partial charge in [0.25, 0.3) is 0 Å². The van der Waals surface area contributed by atoms with Crippen LogP contribution in [-0.2, 0) is 13.1 Å². The number of nitrogens with two attached hydrogens (primary N) is 1. The normalized spacial score (nSPS) is 10.8. The van der Waals surface area contributed by atoms with Gasteiger partial charge in [-0.05, 0) is 29.8 Å². The summed E-state index contributed by atoms with van der Waals surface area (Å²) in [6.45, 7) is 5.01. The third-order valence-electron chi connectivity index (χ3n) is 3.40. The Bertz CT molecular complexity index is 540. The zero-order chi connectivity index (χ0) is 14.4. The summed E-state index contributed by atoms with van der Waals surface area (Å²) in [6, 6.07) is 16.5. The Morgan fingerprint density at radius 2 is 1.70 bits per heavy atom. The van der Waals surface area contributed by atoms with Crippen molar-refractivity contribution in [1.29, 1.82) is 0 Å². The van der Waals surface area contributed by atoms with E-state index in [2.05, 4.69) is 42.2 Å². The van der Waals surface area contributed by atoms with Crippen molar-refractivity contribution in [2.24, 2.45) is 0 Å². The van der Waals surface area contributed by atoms with Gasteiger partial charge in [0.15, 0.2) is 0 Å². The molecule has 0 aliphatic rings. The van der Waals surface area contributed by atoms with Crippen LogP contribution in [0.4, 0.5) is 5.69 Å². The molecule has 0 unspecified atom stereocenters. The molecular formula is C17H22N2O. The highest BCUT2D eigenvalue weighted by Crippen LogP contribution is 2.22. The molecule has 0 atom stereocenters. The van der Waals surface area contributed by atoms with Crippen molar-refractivity contribution in [3.8, 4) is 5.75 Å². The number of rotatable bonds is 6. The molecule has 0 spiro atoms. The Kier molecular flexibility index (Phi) is 5.02. The number of hydrogen-bond acceptors (Lipinski definition) is 3. The number of ether oxygens (including phenoxy) is 1. The highest BCUT2D eigenvalue weighted by Gasteiger charge is 2.07. The summed E-state index contributed by atoms with van der Waals surface area (Å²) in [4.78, 5) is 2.39. The van der Waals surface area contributed by atoms with E-state index in [9.17, 15) is 0 Å². The van der Waals surface area contributed by atoms with Crippen LogP contribution in [0.3, 0.4) is 0 Å². The lowest BCUT2D eigenvalue weighted by Crippen LogP contribution is -2.22. The van der Waals surface area contributed by atoms with Gasteiger partial charge in [-0.15, -0.1) is 0 Å². The SMILES string of the molecule is CCN(Cc1ccccc1)Cc1ccc(OC)c(N)c1. The van der Waals surface area contributed by atoms with Gasteiger partial charge in [-0.3, -0.25) is 4.90 Å². The van der Waals surface area contributed by atoms with Crippen LogP contribution >= 0.6 is 0 Å². The van der Waals surface area contributed by atoms with E-state index in [4.69, 9.17) is 10.5 Å². The van der Waals surface area contributed by atoms with Gasteiger partial charge in [-0.1, -0.05) is 43.3 Å². The van der Waals surface area contributed by atoms with E-state index in [-0.39, 0.29) is 0 Å². The number of benzene rings is 2. The van der Waals surface area contributed by atoms with E-state index in [1.54, 1.807) is 7.11 Å². The quantitative estimate of drug-likeness (QED) is 0.819. The first-order valence-corrected chi connectivity index (χ1v) is 6.91. The molecule has 2 N–H and O–H groups in total. The smallest absolute Gasteiger partial charge is 0.141 e. The highest BCUT2D eigenvalue weighted by atomic mass is 16.5. The van der Waals surface area contributed by atoms with Crippen LogP contribution < -0.4 is 10.5 Å². The molecule has 2 rings (SSSR count). The molecule has 0 aliphatic heterocycles. The Morgan fingerprint density at radius 3 is 2.30 bits per heavy atom. The predicted molar refractivity (Wildman–Crippen MR) is 83.6 cm³/mol. The molecule has 0 heterocycles. The largest absolute Gasteiger partial charge is 0.495 e. The molecule has 0 saturated heterocycles. The van der Waals surface area contributed by atoms with Crippen molar-refractivity contribution >= 4 is 5.69 Å². The first-order valence-electron chi connectivity index (χ1n) is 6.91. The minimum atomic E-state index is 0.695. The Balaban J connectivity index is 2.04. The van der Waals surface area contributed by atoms with Crippen molar-refractivity contribution < 1.29 is 4.74 Å². The third kappa shape index (κ3) is 3.75. The van der Waals surface area contributed by atoms with Crippen molar-refractivity contribution in [2.75, 3.05) is 19.4 Å². The van der Waals surface area contributed by atoms with Crippen LogP contribution in [0.15, 0.2) is 48.5 Å². The fraction of sp³-hybridized carbons (Fsp3) is 0.294. The molecular weight excluding hydrogens is 248 g/mol. The Labute approximate surface area is 121 Å². The average Bonchev–Trinajstić information content (AvgIpc) is 2.48. The second-order valence-corrected chi connectivity index (χ2v) is 4.87. The van der Waals surface area contributed by atoms with E-state index in [0.717, 1.165) is 25.4 Å². The molecule has 3 heteroatoms. The average molecular weight is 270 g/mol.